The number of hydrogen-bond donors (Lipinski definition) is 1. The van der Waals surface area contributed by atoms with E-state index in [9.17, 15) is 13.2 Å². The molecule has 174 valence electrons. The number of rotatable bonds is 9. The Morgan fingerprint density at radius 2 is 1.78 bits per heavy atom. The van der Waals surface area contributed by atoms with Crippen LogP contribution in [0.15, 0.2) is 47.4 Å². The van der Waals surface area contributed by atoms with E-state index >= 15 is 0 Å². The predicted molar refractivity (Wildman–Crippen MR) is 124 cm³/mol. The largest absolute Gasteiger partial charge is 0.490 e. The first-order valence-electron chi connectivity index (χ1n) is 10.8. The van der Waals surface area contributed by atoms with Crippen molar-refractivity contribution in [2.24, 2.45) is 5.92 Å². The van der Waals surface area contributed by atoms with Crippen molar-refractivity contribution < 1.29 is 22.7 Å². The van der Waals surface area contributed by atoms with Crippen molar-refractivity contribution in [3.8, 4) is 11.5 Å². The van der Waals surface area contributed by atoms with Crippen LogP contribution >= 0.6 is 11.6 Å². The molecule has 0 aliphatic carbocycles. The molecule has 0 bridgehead atoms. The van der Waals surface area contributed by atoms with Gasteiger partial charge in [0.15, 0.2) is 11.5 Å². The van der Waals surface area contributed by atoms with Gasteiger partial charge in [0, 0.05) is 24.7 Å². The van der Waals surface area contributed by atoms with Crippen LogP contribution < -0.4 is 14.8 Å². The normalized spacial score (nSPS) is 17.0. The van der Waals surface area contributed by atoms with E-state index in [4.69, 9.17) is 21.1 Å². The number of nitrogens with zero attached hydrogens (tertiary/aromatic N) is 1. The summed E-state index contributed by atoms with van der Waals surface area (Å²) in [6, 6.07) is 11.6. The Hall–Kier alpha value is -2.29. The van der Waals surface area contributed by atoms with Crippen molar-refractivity contribution in [3.05, 3.63) is 53.1 Å². The summed E-state index contributed by atoms with van der Waals surface area (Å²) in [6.45, 7) is 5.73. The molecule has 0 spiro atoms. The first-order valence-corrected chi connectivity index (χ1v) is 12.6. The summed E-state index contributed by atoms with van der Waals surface area (Å²) >= 11 is 5.87. The maximum atomic E-state index is 13.0. The van der Waals surface area contributed by atoms with Gasteiger partial charge in [0.25, 0.3) is 0 Å². The lowest BCUT2D eigenvalue weighted by Gasteiger charge is -2.31. The first kappa shape index (κ1) is 24.4. The lowest BCUT2D eigenvalue weighted by Crippen LogP contribution is -2.45. The summed E-state index contributed by atoms with van der Waals surface area (Å²) in [5.74, 6) is 0.742. The van der Waals surface area contributed by atoms with Crippen LogP contribution in [-0.2, 0) is 21.4 Å². The fraction of sp³-hybridized carbons (Fsp3) is 0.435. The second-order valence-corrected chi connectivity index (χ2v) is 9.90. The van der Waals surface area contributed by atoms with E-state index in [-0.39, 0.29) is 17.3 Å². The molecule has 32 heavy (non-hydrogen) atoms. The van der Waals surface area contributed by atoms with E-state index < -0.39 is 15.9 Å². The average molecular weight is 481 g/mol. The van der Waals surface area contributed by atoms with Crippen LogP contribution in [-0.4, -0.2) is 44.9 Å². The second kappa shape index (κ2) is 11.0. The predicted octanol–water partition coefficient (Wildman–Crippen LogP) is 3.85. The molecule has 0 unspecified atom stereocenters. The van der Waals surface area contributed by atoms with Gasteiger partial charge in [-0.15, -0.1) is 0 Å². The first-order chi connectivity index (χ1) is 15.3. The Morgan fingerprint density at radius 1 is 1.09 bits per heavy atom. The van der Waals surface area contributed by atoms with Crippen LogP contribution in [0.2, 0.25) is 5.02 Å². The van der Waals surface area contributed by atoms with Gasteiger partial charge in [0.05, 0.1) is 24.0 Å². The van der Waals surface area contributed by atoms with Gasteiger partial charge in [0.2, 0.25) is 15.9 Å². The summed E-state index contributed by atoms with van der Waals surface area (Å²) in [5.41, 5.74) is 0.881. The zero-order valence-corrected chi connectivity index (χ0v) is 19.9. The van der Waals surface area contributed by atoms with Gasteiger partial charge in [-0.2, -0.15) is 4.31 Å². The fourth-order valence-corrected chi connectivity index (χ4v) is 5.32. The average Bonchev–Trinajstić information content (AvgIpc) is 2.79. The minimum atomic E-state index is -3.67. The molecular weight excluding hydrogens is 452 g/mol. The number of hydrogen-bond acceptors (Lipinski definition) is 5. The molecule has 1 amide bonds. The highest BCUT2D eigenvalue weighted by atomic mass is 35.5. The van der Waals surface area contributed by atoms with Crippen LogP contribution in [0, 0.1) is 5.92 Å². The second-order valence-electron chi connectivity index (χ2n) is 7.52. The van der Waals surface area contributed by atoms with E-state index in [1.807, 2.05) is 32.0 Å². The number of piperidine rings is 1. The van der Waals surface area contributed by atoms with Gasteiger partial charge in [-0.25, -0.2) is 8.42 Å². The Bertz CT molecular complexity index is 1030. The number of benzene rings is 2. The highest BCUT2D eigenvalue weighted by molar-refractivity contribution is 7.89. The Balaban J connectivity index is 1.63. The zero-order valence-electron chi connectivity index (χ0n) is 18.3. The van der Waals surface area contributed by atoms with E-state index in [1.165, 1.54) is 16.4 Å². The quantitative estimate of drug-likeness (QED) is 0.589. The lowest BCUT2D eigenvalue weighted by atomic mass is 9.98. The van der Waals surface area contributed by atoms with Crippen molar-refractivity contribution in [1.29, 1.82) is 0 Å². The van der Waals surface area contributed by atoms with Gasteiger partial charge in [-0.3, -0.25) is 4.79 Å². The molecule has 0 radical (unpaired) electrons. The molecule has 0 aromatic heterocycles. The molecule has 7 nitrogen and oxygen atoms in total. The third-order valence-corrected chi connectivity index (χ3v) is 7.41. The summed E-state index contributed by atoms with van der Waals surface area (Å²) in [7, 11) is -3.67. The third kappa shape index (κ3) is 5.94. The smallest absolute Gasteiger partial charge is 0.243 e. The van der Waals surface area contributed by atoms with E-state index in [0.717, 1.165) is 5.56 Å². The highest BCUT2D eigenvalue weighted by Crippen LogP contribution is 2.29. The molecule has 1 heterocycles. The van der Waals surface area contributed by atoms with Crippen LogP contribution in [0.1, 0.15) is 32.3 Å². The maximum Gasteiger partial charge on any atom is 0.243 e. The number of carbonyl (C=O) groups excluding carboxylic acids is 1. The molecule has 1 aliphatic heterocycles. The number of amides is 1. The summed E-state index contributed by atoms with van der Waals surface area (Å²) < 4.78 is 38.5. The molecule has 0 saturated carbocycles. The van der Waals surface area contributed by atoms with Gasteiger partial charge < -0.3 is 14.8 Å². The highest BCUT2D eigenvalue weighted by Gasteiger charge is 2.33. The standard InChI is InChI=1S/C23H29ClN2O5S/c1-3-30-21-12-7-17(14-22(21)31-4-2)15-25-23(27)18-6-5-13-26(16-18)32(28,29)20-10-8-19(24)9-11-20/h7-12,14,18H,3-6,13,15-16H2,1-2H3,(H,25,27)/t18-/m1/s1. The monoisotopic (exact) mass is 480 g/mol. The van der Waals surface area contributed by atoms with Crippen LogP contribution in [0.4, 0.5) is 0 Å². The fourth-order valence-electron chi connectivity index (χ4n) is 3.67. The topological polar surface area (TPSA) is 84.9 Å². The summed E-state index contributed by atoms with van der Waals surface area (Å²) in [6.07, 6.45) is 1.27. The number of ether oxygens (including phenoxy) is 2. The van der Waals surface area contributed by atoms with Crippen molar-refractivity contribution in [3.63, 3.8) is 0 Å². The van der Waals surface area contributed by atoms with E-state index in [1.54, 1.807) is 12.1 Å². The number of halogens is 1. The molecule has 2 aromatic rings. The van der Waals surface area contributed by atoms with Crippen LogP contribution in [0.3, 0.4) is 0 Å². The van der Waals surface area contributed by atoms with Crippen LogP contribution in [0.25, 0.3) is 0 Å². The van der Waals surface area contributed by atoms with E-state index in [0.29, 0.717) is 55.7 Å². The molecule has 9 heteroatoms. The third-order valence-electron chi connectivity index (χ3n) is 5.28. The lowest BCUT2D eigenvalue weighted by molar-refractivity contribution is -0.126. The molecule has 1 aliphatic rings. The molecule has 2 aromatic carbocycles. The summed E-state index contributed by atoms with van der Waals surface area (Å²) in [5, 5.41) is 3.41. The Morgan fingerprint density at radius 3 is 2.47 bits per heavy atom. The Labute approximate surface area is 194 Å². The zero-order chi connectivity index (χ0) is 23.1. The molecule has 1 saturated heterocycles. The van der Waals surface area contributed by atoms with Crippen LogP contribution in [0.5, 0.6) is 11.5 Å². The molecule has 1 fully saturated rings. The van der Waals surface area contributed by atoms with Crippen molar-refractivity contribution in [2.75, 3.05) is 26.3 Å². The summed E-state index contributed by atoms with van der Waals surface area (Å²) in [4.78, 5) is 13.0. The number of nitrogens with one attached hydrogen (secondary N) is 1. The van der Waals surface area contributed by atoms with Gasteiger partial charge >= 0.3 is 0 Å². The van der Waals surface area contributed by atoms with Crippen molar-refractivity contribution in [2.45, 2.75) is 38.1 Å². The minimum absolute atomic E-state index is 0.157. The number of sulfonamides is 1. The minimum Gasteiger partial charge on any atom is -0.490 e. The van der Waals surface area contributed by atoms with Gasteiger partial charge in [0.1, 0.15) is 0 Å². The number of carbonyl (C=O) groups is 1. The molecule has 1 atom stereocenters. The molecule has 3 rings (SSSR count). The van der Waals surface area contributed by atoms with Gasteiger partial charge in [-0.1, -0.05) is 17.7 Å². The Kier molecular flexibility index (Phi) is 8.39. The molecule has 1 N–H and O–H groups in total. The van der Waals surface area contributed by atoms with Gasteiger partial charge in [-0.05, 0) is 68.7 Å². The molecular formula is C23H29ClN2O5S. The van der Waals surface area contributed by atoms with Crippen molar-refractivity contribution >= 4 is 27.5 Å². The SMILES string of the molecule is CCOc1ccc(CNC(=O)[C@@H]2CCCN(S(=O)(=O)c3ccc(Cl)cc3)C2)cc1OCC. The maximum absolute atomic E-state index is 13.0. The van der Waals surface area contributed by atoms with Crippen molar-refractivity contribution in [1.82, 2.24) is 9.62 Å². The van der Waals surface area contributed by atoms with E-state index in [2.05, 4.69) is 5.32 Å².